The van der Waals surface area contributed by atoms with Gasteiger partial charge in [-0.1, -0.05) is 13.8 Å². The molecule has 4 N–H and O–H groups in total. The monoisotopic (exact) mass is 189 g/mol. The molecule has 0 aliphatic carbocycles. The Kier molecular flexibility index (Phi) is 4.83. The first-order chi connectivity index (χ1) is 5.99. The summed E-state index contributed by atoms with van der Waals surface area (Å²) in [5.41, 5.74) is 7.02. The van der Waals surface area contributed by atoms with E-state index in [1.54, 1.807) is 13.8 Å². The Balaban J connectivity index is 4.24. The fourth-order valence-electron chi connectivity index (χ4n) is 0.852. The fraction of sp³-hybridized carbons (Fsp3) is 0.714. The van der Waals surface area contributed by atoms with Gasteiger partial charge >= 0.3 is 6.03 Å². The minimum absolute atomic E-state index is 0.0531. The molecule has 76 valence electrons. The summed E-state index contributed by atoms with van der Waals surface area (Å²) in [7, 11) is 1.32. The zero-order chi connectivity index (χ0) is 10.4. The summed E-state index contributed by atoms with van der Waals surface area (Å²) in [5.74, 6) is -0.473. The van der Waals surface area contributed by atoms with Crippen LogP contribution >= 0.6 is 0 Å². The van der Waals surface area contributed by atoms with Crippen LogP contribution in [0.25, 0.3) is 0 Å². The molecule has 0 heterocycles. The molecule has 0 rings (SSSR count). The van der Waals surface area contributed by atoms with Crippen molar-refractivity contribution in [3.63, 3.8) is 0 Å². The zero-order valence-electron chi connectivity index (χ0n) is 7.96. The molecular weight excluding hydrogens is 174 g/mol. The van der Waals surface area contributed by atoms with E-state index in [1.165, 1.54) is 7.11 Å². The molecule has 3 amide bonds. The predicted molar refractivity (Wildman–Crippen MR) is 46.5 cm³/mol. The first-order valence-corrected chi connectivity index (χ1v) is 3.87. The quantitative estimate of drug-likeness (QED) is 0.513. The van der Waals surface area contributed by atoms with Crippen molar-refractivity contribution in [3.8, 4) is 0 Å². The van der Waals surface area contributed by atoms with Gasteiger partial charge in [-0.25, -0.2) is 10.3 Å². The number of nitrogens with two attached hydrogens (primary N) is 1. The summed E-state index contributed by atoms with van der Waals surface area (Å²) in [5, 5.41) is 2.31. The molecule has 0 saturated heterocycles. The van der Waals surface area contributed by atoms with Crippen LogP contribution in [0.3, 0.4) is 0 Å². The maximum absolute atomic E-state index is 11.2. The van der Waals surface area contributed by atoms with Gasteiger partial charge in [0, 0.05) is 0 Å². The average Bonchev–Trinajstić information content (AvgIpc) is 1.99. The van der Waals surface area contributed by atoms with Gasteiger partial charge in [-0.05, 0) is 5.92 Å². The van der Waals surface area contributed by atoms with Gasteiger partial charge < -0.3 is 11.1 Å². The number of hydroxylamine groups is 1. The summed E-state index contributed by atoms with van der Waals surface area (Å²) in [6, 6.07) is -1.40. The Hall–Kier alpha value is -1.30. The minimum atomic E-state index is -0.732. The molecule has 0 radical (unpaired) electrons. The number of rotatable bonds is 4. The van der Waals surface area contributed by atoms with Gasteiger partial charge in [0.25, 0.3) is 5.91 Å². The van der Waals surface area contributed by atoms with E-state index in [2.05, 4.69) is 15.6 Å². The molecule has 0 aromatic carbocycles. The maximum Gasteiger partial charge on any atom is 0.312 e. The van der Waals surface area contributed by atoms with Crippen molar-refractivity contribution in [2.24, 2.45) is 11.7 Å². The number of carbonyl (C=O) groups is 2. The standard InChI is InChI=1S/C7H15N3O3/c1-4(2)5(9-7(8)12)6(11)10-13-3/h4-5H,1-3H3,(H,10,11)(H3,8,9,12). The zero-order valence-corrected chi connectivity index (χ0v) is 7.96. The third kappa shape index (κ3) is 4.32. The predicted octanol–water partition coefficient (Wildman–Crippen LogP) is -0.643. The SMILES string of the molecule is CONC(=O)C(NC(N)=O)C(C)C. The van der Waals surface area contributed by atoms with E-state index in [0.717, 1.165) is 0 Å². The highest BCUT2D eigenvalue weighted by Crippen LogP contribution is 2.00. The summed E-state index contributed by atoms with van der Waals surface area (Å²) in [6.45, 7) is 3.58. The fourth-order valence-corrected chi connectivity index (χ4v) is 0.852. The van der Waals surface area contributed by atoms with E-state index in [-0.39, 0.29) is 5.92 Å². The molecule has 0 aliphatic heterocycles. The highest BCUT2D eigenvalue weighted by Gasteiger charge is 2.22. The van der Waals surface area contributed by atoms with Gasteiger partial charge in [-0.15, -0.1) is 0 Å². The summed E-state index contributed by atoms with van der Waals surface area (Å²) >= 11 is 0. The smallest absolute Gasteiger partial charge is 0.312 e. The molecule has 0 aromatic heterocycles. The van der Waals surface area contributed by atoms with Crippen LogP contribution in [0.2, 0.25) is 0 Å². The van der Waals surface area contributed by atoms with Crippen LogP contribution in [0.4, 0.5) is 4.79 Å². The third-order valence-electron chi connectivity index (χ3n) is 1.45. The summed E-state index contributed by atoms with van der Waals surface area (Å²) in [6.07, 6.45) is 0. The topological polar surface area (TPSA) is 93.4 Å². The van der Waals surface area contributed by atoms with Gasteiger partial charge in [0.05, 0.1) is 7.11 Å². The largest absolute Gasteiger partial charge is 0.352 e. The van der Waals surface area contributed by atoms with Crippen molar-refractivity contribution in [2.45, 2.75) is 19.9 Å². The van der Waals surface area contributed by atoms with Crippen molar-refractivity contribution in [1.82, 2.24) is 10.8 Å². The molecule has 0 spiro atoms. The first kappa shape index (κ1) is 11.7. The number of primary amides is 1. The molecule has 13 heavy (non-hydrogen) atoms. The Morgan fingerprint density at radius 1 is 1.38 bits per heavy atom. The average molecular weight is 189 g/mol. The lowest BCUT2D eigenvalue weighted by atomic mass is 10.0. The lowest BCUT2D eigenvalue weighted by Crippen LogP contribution is -2.51. The highest BCUT2D eigenvalue weighted by atomic mass is 16.6. The molecule has 1 atom stereocenters. The van der Waals surface area contributed by atoms with E-state index in [4.69, 9.17) is 5.73 Å². The van der Waals surface area contributed by atoms with Crippen molar-refractivity contribution in [3.05, 3.63) is 0 Å². The van der Waals surface area contributed by atoms with Crippen molar-refractivity contribution < 1.29 is 14.4 Å². The second kappa shape index (κ2) is 5.36. The Morgan fingerprint density at radius 2 is 1.92 bits per heavy atom. The number of urea groups is 1. The van der Waals surface area contributed by atoms with E-state index in [1.807, 2.05) is 0 Å². The lowest BCUT2D eigenvalue weighted by Gasteiger charge is -2.19. The summed E-state index contributed by atoms with van der Waals surface area (Å²) in [4.78, 5) is 26.2. The Labute approximate surface area is 76.8 Å². The van der Waals surface area contributed by atoms with Crippen LogP contribution in [0.1, 0.15) is 13.8 Å². The van der Waals surface area contributed by atoms with Crippen LogP contribution in [-0.4, -0.2) is 25.1 Å². The molecule has 0 saturated carbocycles. The van der Waals surface area contributed by atoms with E-state index >= 15 is 0 Å². The van der Waals surface area contributed by atoms with Crippen LogP contribution in [0.15, 0.2) is 0 Å². The number of carbonyl (C=O) groups excluding carboxylic acids is 2. The number of nitrogens with one attached hydrogen (secondary N) is 2. The molecule has 0 aromatic rings. The van der Waals surface area contributed by atoms with Crippen LogP contribution in [0, 0.1) is 5.92 Å². The molecular formula is C7H15N3O3. The van der Waals surface area contributed by atoms with E-state index in [9.17, 15) is 9.59 Å². The van der Waals surface area contributed by atoms with Crippen molar-refractivity contribution in [1.29, 1.82) is 0 Å². The number of hydrogen-bond donors (Lipinski definition) is 3. The second-order valence-electron chi connectivity index (χ2n) is 2.90. The van der Waals surface area contributed by atoms with Gasteiger partial charge in [0.1, 0.15) is 6.04 Å². The lowest BCUT2D eigenvalue weighted by molar-refractivity contribution is -0.134. The normalized spacial score (nSPS) is 12.3. The van der Waals surface area contributed by atoms with Gasteiger partial charge in [-0.2, -0.15) is 0 Å². The molecule has 6 heteroatoms. The van der Waals surface area contributed by atoms with Gasteiger partial charge in [-0.3, -0.25) is 9.63 Å². The first-order valence-electron chi connectivity index (χ1n) is 3.87. The van der Waals surface area contributed by atoms with Gasteiger partial charge in [0.2, 0.25) is 0 Å². The molecule has 6 nitrogen and oxygen atoms in total. The molecule has 0 aliphatic rings. The summed E-state index contributed by atoms with van der Waals surface area (Å²) < 4.78 is 0. The maximum atomic E-state index is 11.2. The van der Waals surface area contributed by atoms with Crippen LogP contribution in [0.5, 0.6) is 0 Å². The molecule has 1 unspecified atom stereocenters. The highest BCUT2D eigenvalue weighted by molar-refractivity contribution is 5.86. The Bertz CT molecular complexity index is 193. The third-order valence-corrected chi connectivity index (χ3v) is 1.45. The van der Waals surface area contributed by atoms with Gasteiger partial charge in [0.15, 0.2) is 0 Å². The molecule has 0 bridgehead atoms. The van der Waals surface area contributed by atoms with Crippen LogP contribution < -0.4 is 16.5 Å². The second-order valence-corrected chi connectivity index (χ2v) is 2.90. The number of hydrogen-bond acceptors (Lipinski definition) is 3. The van der Waals surface area contributed by atoms with E-state index in [0.29, 0.717) is 0 Å². The van der Waals surface area contributed by atoms with Crippen molar-refractivity contribution >= 4 is 11.9 Å². The van der Waals surface area contributed by atoms with E-state index < -0.39 is 18.0 Å². The minimum Gasteiger partial charge on any atom is -0.352 e. The van der Waals surface area contributed by atoms with Crippen LogP contribution in [-0.2, 0) is 9.63 Å². The Morgan fingerprint density at radius 3 is 2.23 bits per heavy atom. The number of amides is 3. The van der Waals surface area contributed by atoms with Crippen molar-refractivity contribution in [2.75, 3.05) is 7.11 Å². The molecule has 0 fully saturated rings.